The molecule has 1 aromatic carbocycles. The smallest absolute Gasteiger partial charge is 0.365 e. The summed E-state index contributed by atoms with van der Waals surface area (Å²) in [6.45, 7) is 0.219. The Hall–Kier alpha value is -1.92. The molecule has 0 spiro atoms. The quantitative estimate of drug-likeness (QED) is 0.863. The van der Waals surface area contributed by atoms with Crippen molar-refractivity contribution in [3.8, 4) is 5.75 Å². The summed E-state index contributed by atoms with van der Waals surface area (Å²) in [5.74, 6) is -0.379. The van der Waals surface area contributed by atoms with E-state index in [-0.39, 0.29) is 18.2 Å². The summed E-state index contributed by atoms with van der Waals surface area (Å²) in [5.41, 5.74) is 1.40. The Morgan fingerprint density at radius 3 is 2.61 bits per heavy atom. The Labute approximate surface area is 107 Å². The molecule has 18 heavy (non-hydrogen) atoms. The second-order valence-electron chi connectivity index (χ2n) is 3.54. The third-order valence-corrected chi connectivity index (χ3v) is 3.11. The molecule has 94 valence electrons. The zero-order valence-corrected chi connectivity index (χ0v) is 10.2. The van der Waals surface area contributed by atoms with Crippen molar-refractivity contribution >= 4 is 17.3 Å². The minimum absolute atomic E-state index is 0.00562. The highest BCUT2D eigenvalue weighted by molar-refractivity contribution is 7.11. The van der Waals surface area contributed by atoms with Gasteiger partial charge in [-0.05, 0) is 17.7 Å². The summed E-state index contributed by atoms with van der Waals surface area (Å²) in [6, 6.07) is 7.02. The molecule has 2 N–H and O–H groups in total. The summed E-state index contributed by atoms with van der Waals surface area (Å²) < 4.78 is 5.45. The molecule has 0 fully saturated rings. The summed E-state index contributed by atoms with van der Waals surface area (Å²) in [5, 5.41) is 19.3. The van der Waals surface area contributed by atoms with Gasteiger partial charge in [-0.15, -0.1) is 11.3 Å². The number of rotatable bonds is 5. The Kier molecular flexibility index (Phi) is 3.91. The van der Waals surface area contributed by atoms with Crippen LogP contribution in [0.5, 0.6) is 5.75 Å². The fourth-order valence-corrected chi connectivity index (χ4v) is 1.96. The zero-order valence-electron chi connectivity index (χ0n) is 9.37. The summed E-state index contributed by atoms with van der Waals surface area (Å²) >= 11 is 1.08. The maximum atomic E-state index is 10.6. The number of aromatic carboxylic acids is 1. The van der Waals surface area contributed by atoms with Crippen LogP contribution in [-0.4, -0.2) is 21.2 Å². The number of hydrogen-bond acceptors (Lipinski definition) is 5. The molecule has 1 aromatic heterocycles. The number of ether oxygens (including phenoxy) is 1. The van der Waals surface area contributed by atoms with Gasteiger partial charge in [0.1, 0.15) is 12.4 Å². The number of aromatic nitrogens is 1. The highest BCUT2D eigenvalue weighted by atomic mass is 32.1. The van der Waals surface area contributed by atoms with Gasteiger partial charge < -0.3 is 14.9 Å². The van der Waals surface area contributed by atoms with Crippen molar-refractivity contribution in [2.45, 2.75) is 13.2 Å². The largest absolute Gasteiger partial charge is 0.487 e. The van der Waals surface area contributed by atoms with E-state index in [9.17, 15) is 4.79 Å². The van der Waals surface area contributed by atoms with Crippen molar-refractivity contribution in [3.63, 3.8) is 0 Å². The second kappa shape index (κ2) is 5.61. The lowest BCUT2D eigenvalue weighted by molar-refractivity contribution is 0.0696. The van der Waals surface area contributed by atoms with Crippen LogP contribution in [0.4, 0.5) is 0 Å². The monoisotopic (exact) mass is 265 g/mol. The van der Waals surface area contributed by atoms with Crippen LogP contribution in [0, 0.1) is 0 Å². The van der Waals surface area contributed by atoms with Gasteiger partial charge >= 0.3 is 5.97 Å². The summed E-state index contributed by atoms with van der Waals surface area (Å²) in [7, 11) is 0. The fourth-order valence-electron chi connectivity index (χ4n) is 1.32. The van der Waals surface area contributed by atoms with Gasteiger partial charge in [0, 0.05) is 5.38 Å². The minimum atomic E-state index is -1.03. The van der Waals surface area contributed by atoms with Crippen molar-refractivity contribution in [1.29, 1.82) is 0 Å². The fraction of sp³-hybridized carbons (Fsp3) is 0.167. The van der Waals surface area contributed by atoms with Crippen molar-refractivity contribution in [3.05, 3.63) is 45.9 Å². The van der Waals surface area contributed by atoms with Crippen LogP contribution >= 0.6 is 11.3 Å². The van der Waals surface area contributed by atoms with Crippen LogP contribution in [0.2, 0.25) is 0 Å². The zero-order chi connectivity index (χ0) is 13.0. The number of hydrogen-bond donors (Lipinski definition) is 2. The van der Waals surface area contributed by atoms with E-state index in [0.717, 1.165) is 16.9 Å². The van der Waals surface area contributed by atoms with Gasteiger partial charge in [-0.1, -0.05) is 12.1 Å². The lowest BCUT2D eigenvalue weighted by Crippen LogP contribution is -1.99. The van der Waals surface area contributed by atoms with Crippen LogP contribution in [0.15, 0.2) is 29.6 Å². The number of aliphatic hydroxyl groups is 1. The Morgan fingerprint density at radius 1 is 1.33 bits per heavy atom. The van der Waals surface area contributed by atoms with E-state index < -0.39 is 5.97 Å². The average molecular weight is 265 g/mol. The first-order valence-corrected chi connectivity index (χ1v) is 6.07. The molecule has 0 saturated carbocycles. The van der Waals surface area contributed by atoms with E-state index in [0.29, 0.717) is 11.4 Å². The van der Waals surface area contributed by atoms with E-state index in [4.69, 9.17) is 14.9 Å². The molecule has 0 saturated heterocycles. The maximum absolute atomic E-state index is 10.6. The lowest BCUT2D eigenvalue weighted by Gasteiger charge is -2.04. The van der Waals surface area contributed by atoms with Gasteiger partial charge in [0.25, 0.3) is 0 Å². The van der Waals surface area contributed by atoms with Crippen LogP contribution in [-0.2, 0) is 13.2 Å². The summed E-state index contributed by atoms with van der Waals surface area (Å²) in [4.78, 5) is 14.6. The number of benzene rings is 1. The minimum Gasteiger partial charge on any atom is -0.487 e. The first kappa shape index (κ1) is 12.5. The molecule has 0 aliphatic heterocycles. The SMILES string of the molecule is O=C(O)c1nc(COc2ccc(CO)cc2)cs1. The van der Waals surface area contributed by atoms with E-state index in [1.807, 2.05) is 0 Å². The Morgan fingerprint density at radius 2 is 2.06 bits per heavy atom. The van der Waals surface area contributed by atoms with E-state index in [2.05, 4.69) is 4.98 Å². The van der Waals surface area contributed by atoms with Crippen LogP contribution < -0.4 is 4.74 Å². The highest BCUT2D eigenvalue weighted by Gasteiger charge is 2.09. The molecule has 0 radical (unpaired) electrons. The summed E-state index contributed by atoms with van der Waals surface area (Å²) in [6.07, 6.45) is 0. The second-order valence-corrected chi connectivity index (χ2v) is 4.40. The topological polar surface area (TPSA) is 79.7 Å². The van der Waals surface area contributed by atoms with E-state index in [1.54, 1.807) is 29.6 Å². The van der Waals surface area contributed by atoms with Crippen molar-refractivity contribution in [1.82, 2.24) is 4.98 Å². The molecule has 0 atom stereocenters. The Balaban J connectivity index is 1.95. The number of thiazole rings is 1. The van der Waals surface area contributed by atoms with Gasteiger partial charge in [0.15, 0.2) is 0 Å². The molecule has 5 nitrogen and oxygen atoms in total. The molecular formula is C12H11NO4S. The molecule has 0 unspecified atom stereocenters. The van der Waals surface area contributed by atoms with Crippen molar-refractivity contribution in [2.75, 3.05) is 0 Å². The van der Waals surface area contributed by atoms with Crippen LogP contribution in [0.1, 0.15) is 21.1 Å². The standard InChI is InChI=1S/C12H11NO4S/c14-5-8-1-3-10(4-2-8)17-6-9-7-18-11(13-9)12(15)16/h1-4,7,14H,5-6H2,(H,15,16). The van der Waals surface area contributed by atoms with Gasteiger partial charge in [-0.2, -0.15) is 0 Å². The molecule has 0 aliphatic carbocycles. The molecule has 0 amide bonds. The third kappa shape index (κ3) is 3.06. The first-order chi connectivity index (χ1) is 8.69. The molecule has 0 aliphatic rings. The maximum Gasteiger partial charge on any atom is 0.365 e. The number of carboxylic acids is 1. The molecule has 1 heterocycles. The molecule has 0 bridgehead atoms. The average Bonchev–Trinajstić information content (AvgIpc) is 2.86. The number of nitrogens with zero attached hydrogens (tertiary/aromatic N) is 1. The predicted octanol–water partition coefficient (Wildman–Crippen LogP) is 1.91. The number of carboxylic acid groups (broad SMARTS) is 1. The molecule has 2 aromatic rings. The van der Waals surface area contributed by atoms with Gasteiger partial charge in [0.2, 0.25) is 5.01 Å². The van der Waals surface area contributed by atoms with Gasteiger partial charge in [0.05, 0.1) is 12.3 Å². The predicted molar refractivity (Wildman–Crippen MR) is 65.8 cm³/mol. The van der Waals surface area contributed by atoms with Gasteiger partial charge in [-0.3, -0.25) is 0 Å². The number of aliphatic hydroxyl groups excluding tert-OH is 1. The molecule has 6 heteroatoms. The molecular weight excluding hydrogens is 254 g/mol. The first-order valence-electron chi connectivity index (χ1n) is 5.19. The lowest BCUT2D eigenvalue weighted by atomic mass is 10.2. The van der Waals surface area contributed by atoms with Crippen molar-refractivity contribution in [2.24, 2.45) is 0 Å². The highest BCUT2D eigenvalue weighted by Crippen LogP contribution is 2.15. The normalized spacial score (nSPS) is 10.3. The van der Waals surface area contributed by atoms with Crippen LogP contribution in [0.3, 0.4) is 0 Å². The van der Waals surface area contributed by atoms with Crippen molar-refractivity contribution < 1.29 is 19.7 Å². The third-order valence-electron chi connectivity index (χ3n) is 2.23. The van der Waals surface area contributed by atoms with Crippen LogP contribution in [0.25, 0.3) is 0 Å². The molecule has 2 rings (SSSR count). The Bertz CT molecular complexity index is 535. The van der Waals surface area contributed by atoms with Gasteiger partial charge in [-0.25, -0.2) is 9.78 Å². The van der Waals surface area contributed by atoms with E-state index in [1.165, 1.54) is 0 Å². The van der Waals surface area contributed by atoms with E-state index >= 15 is 0 Å². The number of carbonyl (C=O) groups is 1.